The number of nitrogens with zero attached hydrogens (tertiary/aromatic N) is 4. The zero-order valence-electron chi connectivity index (χ0n) is 14.5. The van der Waals surface area contributed by atoms with Gasteiger partial charge in [-0.1, -0.05) is 0 Å². The highest BCUT2D eigenvalue weighted by atomic mass is 127. The molecule has 1 heterocycles. The molecule has 0 saturated carbocycles. The fourth-order valence-electron chi connectivity index (χ4n) is 2.08. The lowest BCUT2D eigenvalue weighted by Crippen LogP contribution is -2.40. The van der Waals surface area contributed by atoms with Crippen molar-refractivity contribution >= 4 is 35.8 Å². The Balaban J connectivity index is 0.00000484. The van der Waals surface area contributed by atoms with Crippen molar-refractivity contribution in [3.8, 4) is 0 Å². The predicted molar refractivity (Wildman–Crippen MR) is 104 cm³/mol. The van der Waals surface area contributed by atoms with Crippen LogP contribution in [0.1, 0.15) is 32.9 Å². The van der Waals surface area contributed by atoms with Crippen LogP contribution in [0.2, 0.25) is 0 Å². The van der Waals surface area contributed by atoms with Crippen LogP contribution in [0.4, 0.5) is 0 Å². The minimum atomic E-state index is 0. The number of guanidine groups is 1. The molecule has 2 N–H and O–H groups in total. The van der Waals surface area contributed by atoms with Gasteiger partial charge in [-0.15, -0.1) is 24.0 Å². The van der Waals surface area contributed by atoms with Crippen molar-refractivity contribution < 1.29 is 4.79 Å². The molecular weight excluding hydrogens is 407 g/mol. The van der Waals surface area contributed by atoms with E-state index in [-0.39, 0.29) is 29.9 Å². The smallest absolute Gasteiger partial charge is 0.224 e. The van der Waals surface area contributed by atoms with E-state index in [0.29, 0.717) is 19.5 Å². The molecule has 1 aromatic heterocycles. The van der Waals surface area contributed by atoms with Crippen LogP contribution >= 0.6 is 24.0 Å². The third-order valence-corrected chi connectivity index (χ3v) is 3.41. The highest BCUT2D eigenvalue weighted by molar-refractivity contribution is 14.0. The zero-order valence-corrected chi connectivity index (χ0v) is 16.8. The Kier molecular flexibility index (Phi) is 11.4. The second-order valence-corrected chi connectivity index (χ2v) is 4.88. The van der Waals surface area contributed by atoms with E-state index >= 15 is 0 Å². The summed E-state index contributed by atoms with van der Waals surface area (Å²) in [6, 6.07) is 1.94. The molecule has 8 heteroatoms. The van der Waals surface area contributed by atoms with Crippen molar-refractivity contribution in [2.45, 2.75) is 33.7 Å². The first-order valence-corrected chi connectivity index (χ1v) is 7.89. The molecule has 0 radical (unpaired) electrons. The molecule has 0 aliphatic heterocycles. The molecule has 0 bridgehead atoms. The zero-order chi connectivity index (χ0) is 16.4. The first-order chi connectivity index (χ1) is 10.6. The van der Waals surface area contributed by atoms with Crippen molar-refractivity contribution in [2.75, 3.05) is 26.2 Å². The van der Waals surface area contributed by atoms with Gasteiger partial charge in [0.1, 0.15) is 0 Å². The highest BCUT2D eigenvalue weighted by Crippen LogP contribution is 1.98. The fourth-order valence-corrected chi connectivity index (χ4v) is 2.08. The quantitative estimate of drug-likeness (QED) is 0.367. The van der Waals surface area contributed by atoms with E-state index in [2.05, 4.69) is 20.7 Å². The molecule has 0 aromatic carbocycles. The normalized spacial score (nSPS) is 10.9. The first-order valence-electron chi connectivity index (χ1n) is 7.89. The van der Waals surface area contributed by atoms with E-state index < -0.39 is 0 Å². The average Bonchev–Trinajstić information content (AvgIpc) is 2.91. The van der Waals surface area contributed by atoms with Crippen molar-refractivity contribution in [3.05, 3.63) is 18.0 Å². The summed E-state index contributed by atoms with van der Waals surface area (Å²) >= 11 is 0. The van der Waals surface area contributed by atoms with Crippen LogP contribution in [0.15, 0.2) is 17.3 Å². The Morgan fingerprint density at radius 2 is 2.00 bits per heavy atom. The lowest BCUT2D eigenvalue weighted by Gasteiger charge is -2.19. The van der Waals surface area contributed by atoms with Gasteiger partial charge in [-0.05, 0) is 26.8 Å². The summed E-state index contributed by atoms with van der Waals surface area (Å²) in [6.07, 6.45) is 2.23. The van der Waals surface area contributed by atoms with Crippen molar-refractivity contribution in [1.29, 1.82) is 0 Å². The molecule has 132 valence electrons. The van der Waals surface area contributed by atoms with Gasteiger partial charge in [-0.3, -0.25) is 9.48 Å². The van der Waals surface area contributed by atoms with E-state index in [1.54, 1.807) is 10.9 Å². The minimum absolute atomic E-state index is 0. The molecule has 0 spiro atoms. The summed E-state index contributed by atoms with van der Waals surface area (Å²) in [5.41, 5.74) is 1.04. The summed E-state index contributed by atoms with van der Waals surface area (Å²) < 4.78 is 1.80. The molecule has 0 aliphatic rings. The van der Waals surface area contributed by atoms with Crippen LogP contribution in [-0.4, -0.2) is 52.7 Å². The standard InChI is InChI=1S/C15H28N6O.HI/c1-5-16-15(18-12-13-8-11-19-20(13)4)17-10-9-14(22)21(6-2)7-3;/h8,11H,5-7,9-10,12H2,1-4H3,(H2,16,17,18);1H. The lowest BCUT2D eigenvalue weighted by molar-refractivity contribution is -0.130. The van der Waals surface area contributed by atoms with Crippen LogP contribution in [0.3, 0.4) is 0 Å². The number of amides is 1. The first kappa shape index (κ1) is 21.7. The Hall–Kier alpha value is -1.32. The number of aromatic nitrogens is 2. The molecule has 1 amide bonds. The molecule has 7 nitrogen and oxygen atoms in total. The molecule has 0 atom stereocenters. The molecule has 0 aliphatic carbocycles. The van der Waals surface area contributed by atoms with Crippen molar-refractivity contribution in [1.82, 2.24) is 25.3 Å². The Bertz CT molecular complexity index is 484. The van der Waals surface area contributed by atoms with Crippen LogP contribution < -0.4 is 10.6 Å². The van der Waals surface area contributed by atoms with Gasteiger partial charge in [0.25, 0.3) is 0 Å². The van der Waals surface area contributed by atoms with Gasteiger partial charge in [-0.25, -0.2) is 4.99 Å². The average molecular weight is 436 g/mol. The topological polar surface area (TPSA) is 74.5 Å². The van der Waals surface area contributed by atoms with Gasteiger partial charge < -0.3 is 15.5 Å². The molecular formula is C15H29IN6O. The molecule has 0 saturated heterocycles. The molecule has 0 fully saturated rings. The van der Waals surface area contributed by atoms with Crippen molar-refractivity contribution in [2.24, 2.45) is 12.0 Å². The molecule has 1 rings (SSSR count). The van der Waals surface area contributed by atoms with Crippen molar-refractivity contribution in [3.63, 3.8) is 0 Å². The number of aryl methyl sites for hydroxylation is 1. The van der Waals surface area contributed by atoms with E-state index in [9.17, 15) is 4.79 Å². The fraction of sp³-hybridized carbons (Fsp3) is 0.667. The summed E-state index contributed by atoms with van der Waals surface area (Å²) in [6.45, 7) is 9.42. The number of halogens is 1. The maximum absolute atomic E-state index is 11.9. The summed E-state index contributed by atoms with van der Waals surface area (Å²) in [7, 11) is 1.90. The van der Waals surface area contributed by atoms with Crippen LogP contribution in [-0.2, 0) is 18.4 Å². The maximum atomic E-state index is 11.9. The van der Waals surface area contributed by atoms with Gasteiger partial charge in [0, 0.05) is 45.8 Å². The molecule has 0 unspecified atom stereocenters. The maximum Gasteiger partial charge on any atom is 0.224 e. The van der Waals surface area contributed by atoms with Gasteiger partial charge in [0.05, 0.1) is 12.2 Å². The third-order valence-electron chi connectivity index (χ3n) is 3.41. The molecule has 1 aromatic rings. The van der Waals surface area contributed by atoms with Gasteiger partial charge in [0.15, 0.2) is 5.96 Å². The van der Waals surface area contributed by atoms with Gasteiger partial charge >= 0.3 is 0 Å². The van der Waals surface area contributed by atoms with Crippen LogP contribution in [0.25, 0.3) is 0 Å². The summed E-state index contributed by atoms with van der Waals surface area (Å²) in [5, 5.41) is 10.5. The predicted octanol–water partition coefficient (Wildman–Crippen LogP) is 1.35. The van der Waals surface area contributed by atoms with Gasteiger partial charge in [-0.2, -0.15) is 5.10 Å². The third kappa shape index (κ3) is 7.67. The summed E-state index contributed by atoms with van der Waals surface area (Å²) in [4.78, 5) is 18.3. The number of rotatable bonds is 8. The SMILES string of the molecule is CCNC(=NCc1ccnn1C)NCCC(=O)N(CC)CC.I. The lowest BCUT2D eigenvalue weighted by atomic mass is 10.3. The molecule has 23 heavy (non-hydrogen) atoms. The second-order valence-electron chi connectivity index (χ2n) is 4.88. The van der Waals surface area contributed by atoms with Crippen LogP contribution in [0.5, 0.6) is 0 Å². The largest absolute Gasteiger partial charge is 0.357 e. The van der Waals surface area contributed by atoms with E-state index in [0.717, 1.165) is 31.3 Å². The number of aliphatic imine (C=N–C) groups is 1. The number of hydrogen-bond acceptors (Lipinski definition) is 3. The number of carbonyl (C=O) groups is 1. The Morgan fingerprint density at radius 3 is 2.52 bits per heavy atom. The van der Waals surface area contributed by atoms with Gasteiger partial charge in [0.2, 0.25) is 5.91 Å². The monoisotopic (exact) mass is 436 g/mol. The summed E-state index contributed by atoms with van der Waals surface area (Å²) in [5.74, 6) is 0.885. The van der Waals surface area contributed by atoms with E-state index in [1.807, 2.05) is 38.8 Å². The van der Waals surface area contributed by atoms with E-state index in [1.165, 1.54) is 0 Å². The highest BCUT2D eigenvalue weighted by Gasteiger charge is 2.09. The Morgan fingerprint density at radius 1 is 1.30 bits per heavy atom. The van der Waals surface area contributed by atoms with E-state index in [4.69, 9.17) is 0 Å². The number of carbonyl (C=O) groups excluding carboxylic acids is 1. The Labute approximate surface area is 155 Å². The number of hydrogen-bond donors (Lipinski definition) is 2. The minimum Gasteiger partial charge on any atom is -0.357 e. The van der Waals surface area contributed by atoms with Crippen LogP contribution in [0, 0.1) is 0 Å². The number of nitrogens with one attached hydrogen (secondary N) is 2. The second kappa shape index (κ2) is 12.1.